The summed E-state index contributed by atoms with van der Waals surface area (Å²) in [6.07, 6.45) is 1.78. The van der Waals surface area contributed by atoms with Gasteiger partial charge in [-0.2, -0.15) is 0 Å². The summed E-state index contributed by atoms with van der Waals surface area (Å²) >= 11 is 0. The second-order valence-electron chi connectivity index (χ2n) is 3.81. The van der Waals surface area contributed by atoms with Gasteiger partial charge in [-0.25, -0.2) is 4.98 Å². The number of aromatic nitrogens is 2. The van der Waals surface area contributed by atoms with E-state index in [4.69, 9.17) is 5.73 Å². The van der Waals surface area contributed by atoms with Crippen LogP contribution in [-0.4, -0.2) is 15.5 Å². The van der Waals surface area contributed by atoms with Crippen molar-refractivity contribution in [1.29, 1.82) is 0 Å². The SMILES string of the molecule is CC(C)n1cnc2cc(C(N)=O)ccc21. The standard InChI is InChI=1S/C11H13N3O/c1-7(2)14-6-13-9-5-8(11(12)15)3-4-10(9)14/h3-7H,1-2H3,(H2,12,15). The number of nitrogens with two attached hydrogens (primary N) is 1. The molecule has 4 nitrogen and oxygen atoms in total. The fraction of sp³-hybridized carbons (Fsp3) is 0.273. The minimum Gasteiger partial charge on any atom is -0.366 e. The first-order valence-corrected chi connectivity index (χ1v) is 4.86. The van der Waals surface area contributed by atoms with Gasteiger partial charge in [-0.15, -0.1) is 0 Å². The normalized spacial score (nSPS) is 11.1. The Kier molecular flexibility index (Phi) is 2.19. The average molecular weight is 203 g/mol. The van der Waals surface area contributed by atoms with E-state index in [9.17, 15) is 4.79 Å². The molecule has 1 amide bonds. The number of fused-ring (bicyclic) bond motifs is 1. The molecule has 4 heteroatoms. The van der Waals surface area contributed by atoms with Crippen LogP contribution in [0.15, 0.2) is 24.5 Å². The van der Waals surface area contributed by atoms with Crippen LogP contribution in [0.1, 0.15) is 30.2 Å². The van der Waals surface area contributed by atoms with E-state index in [0.29, 0.717) is 11.6 Å². The Balaban J connectivity index is 2.61. The molecule has 78 valence electrons. The first-order chi connectivity index (χ1) is 7.09. The molecule has 0 unspecified atom stereocenters. The summed E-state index contributed by atoms with van der Waals surface area (Å²) in [5.74, 6) is -0.420. The Morgan fingerprint density at radius 1 is 1.47 bits per heavy atom. The van der Waals surface area contributed by atoms with Gasteiger partial charge >= 0.3 is 0 Å². The number of hydrogen-bond donors (Lipinski definition) is 1. The molecule has 0 spiro atoms. The lowest BCUT2D eigenvalue weighted by molar-refractivity contribution is 0.100. The maximum atomic E-state index is 11.0. The third-order valence-corrected chi connectivity index (χ3v) is 2.42. The molecule has 0 aliphatic carbocycles. The lowest BCUT2D eigenvalue weighted by atomic mass is 10.2. The molecule has 0 saturated heterocycles. The zero-order chi connectivity index (χ0) is 11.0. The highest BCUT2D eigenvalue weighted by Gasteiger charge is 2.07. The molecule has 15 heavy (non-hydrogen) atoms. The second kappa shape index (κ2) is 3.38. The molecule has 2 N–H and O–H groups in total. The van der Waals surface area contributed by atoms with Crippen LogP contribution in [0.2, 0.25) is 0 Å². The summed E-state index contributed by atoms with van der Waals surface area (Å²) in [6, 6.07) is 5.68. The quantitative estimate of drug-likeness (QED) is 0.807. The van der Waals surface area contributed by atoms with Crippen LogP contribution >= 0.6 is 0 Å². The van der Waals surface area contributed by atoms with Gasteiger partial charge in [0.2, 0.25) is 5.91 Å². The van der Waals surface area contributed by atoms with Gasteiger partial charge in [0.05, 0.1) is 17.4 Å². The van der Waals surface area contributed by atoms with Crippen LogP contribution in [0.25, 0.3) is 11.0 Å². The number of imidazole rings is 1. The first kappa shape index (κ1) is 9.71. The summed E-state index contributed by atoms with van der Waals surface area (Å²) in [4.78, 5) is 15.2. The maximum absolute atomic E-state index is 11.0. The van der Waals surface area contributed by atoms with E-state index in [0.717, 1.165) is 11.0 Å². The molecule has 1 aromatic carbocycles. The Hall–Kier alpha value is -1.84. The van der Waals surface area contributed by atoms with Crippen molar-refractivity contribution >= 4 is 16.9 Å². The predicted molar refractivity (Wildman–Crippen MR) is 58.6 cm³/mol. The molecular formula is C11H13N3O. The average Bonchev–Trinajstić information content (AvgIpc) is 2.59. The van der Waals surface area contributed by atoms with Gasteiger partial charge < -0.3 is 10.3 Å². The van der Waals surface area contributed by atoms with E-state index in [2.05, 4.69) is 23.4 Å². The van der Waals surface area contributed by atoms with Gasteiger partial charge in [-0.3, -0.25) is 4.79 Å². The number of nitrogens with zero attached hydrogens (tertiary/aromatic N) is 2. The van der Waals surface area contributed by atoms with E-state index >= 15 is 0 Å². The van der Waals surface area contributed by atoms with Crippen molar-refractivity contribution in [2.75, 3.05) is 0 Å². The van der Waals surface area contributed by atoms with E-state index in [1.165, 1.54) is 0 Å². The van der Waals surface area contributed by atoms with Crippen molar-refractivity contribution in [3.8, 4) is 0 Å². The summed E-state index contributed by atoms with van der Waals surface area (Å²) in [7, 11) is 0. The largest absolute Gasteiger partial charge is 0.366 e. The molecule has 1 aromatic heterocycles. The molecule has 1 heterocycles. The smallest absolute Gasteiger partial charge is 0.248 e. The van der Waals surface area contributed by atoms with Crippen LogP contribution in [0, 0.1) is 0 Å². The van der Waals surface area contributed by atoms with E-state index in [1.54, 1.807) is 18.5 Å². The van der Waals surface area contributed by atoms with Crippen LogP contribution in [-0.2, 0) is 0 Å². The lowest BCUT2D eigenvalue weighted by Gasteiger charge is -2.07. The van der Waals surface area contributed by atoms with Gasteiger partial charge in [0.1, 0.15) is 0 Å². The topological polar surface area (TPSA) is 60.9 Å². The van der Waals surface area contributed by atoms with Crippen LogP contribution < -0.4 is 5.73 Å². The molecule has 2 aromatic rings. The van der Waals surface area contributed by atoms with E-state index in [-0.39, 0.29) is 0 Å². The molecular weight excluding hydrogens is 190 g/mol. The molecule has 0 fully saturated rings. The molecule has 0 atom stereocenters. The number of benzene rings is 1. The van der Waals surface area contributed by atoms with E-state index in [1.807, 2.05) is 6.07 Å². The number of carbonyl (C=O) groups excluding carboxylic acids is 1. The fourth-order valence-corrected chi connectivity index (χ4v) is 1.60. The molecule has 0 aliphatic rings. The minimum absolute atomic E-state index is 0.356. The zero-order valence-electron chi connectivity index (χ0n) is 8.77. The van der Waals surface area contributed by atoms with Crippen molar-refractivity contribution in [1.82, 2.24) is 9.55 Å². The Morgan fingerprint density at radius 2 is 2.20 bits per heavy atom. The van der Waals surface area contributed by atoms with Crippen molar-refractivity contribution in [2.45, 2.75) is 19.9 Å². The van der Waals surface area contributed by atoms with Gasteiger partial charge in [-0.1, -0.05) is 0 Å². The summed E-state index contributed by atoms with van der Waals surface area (Å²) in [5.41, 5.74) is 7.52. The Morgan fingerprint density at radius 3 is 2.80 bits per heavy atom. The molecule has 0 bridgehead atoms. The summed E-state index contributed by atoms with van der Waals surface area (Å²) < 4.78 is 2.06. The lowest BCUT2D eigenvalue weighted by Crippen LogP contribution is -2.10. The minimum atomic E-state index is -0.420. The van der Waals surface area contributed by atoms with Crippen molar-refractivity contribution in [2.24, 2.45) is 5.73 Å². The number of hydrogen-bond acceptors (Lipinski definition) is 2. The van der Waals surface area contributed by atoms with Gasteiger partial charge in [0, 0.05) is 11.6 Å². The predicted octanol–water partition coefficient (Wildman–Crippen LogP) is 1.72. The molecule has 2 rings (SSSR count). The summed E-state index contributed by atoms with van der Waals surface area (Å²) in [5, 5.41) is 0. The van der Waals surface area contributed by atoms with Gasteiger partial charge in [0.15, 0.2) is 0 Å². The Labute approximate surface area is 87.7 Å². The van der Waals surface area contributed by atoms with Crippen molar-refractivity contribution < 1.29 is 4.79 Å². The number of primary amides is 1. The number of amides is 1. The fourth-order valence-electron chi connectivity index (χ4n) is 1.60. The van der Waals surface area contributed by atoms with Crippen molar-refractivity contribution in [3.05, 3.63) is 30.1 Å². The number of carbonyl (C=O) groups is 1. The third-order valence-electron chi connectivity index (χ3n) is 2.42. The van der Waals surface area contributed by atoms with Gasteiger partial charge in [0.25, 0.3) is 0 Å². The molecule has 0 radical (unpaired) electrons. The Bertz CT molecular complexity index is 514. The van der Waals surface area contributed by atoms with Gasteiger partial charge in [-0.05, 0) is 32.0 Å². The number of rotatable bonds is 2. The van der Waals surface area contributed by atoms with Crippen LogP contribution in [0.3, 0.4) is 0 Å². The first-order valence-electron chi connectivity index (χ1n) is 4.86. The highest BCUT2D eigenvalue weighted by Crippen LogP contribution is 2.18. The summed E-state index contributed by atoms with van der Waals surface area (Å²) in [6.45, 7) is 4.17. The van der Waals surface area contributed by atoms with E-state index < -0.39 is 5.91 Å². The molecule has 0 aliphatic heterocycles. The second-order valence-corrected chi connectivity index (χ2v) is 3.81. The van der Waals surface area contributed by atoms with Crippen LogP contribution in [0.4, 0.5) is 0 Å². The zero-order valence-corrected chi connectivity index (χ0v) is 8.77. The maximum Gasteiger partial charge on any atom is 0.248 e. The third kappa shape index (κ3) is 1.58. The van der Waals surface area contributed by atoms with Crippen LogP contribution in [0.5, 0.6) is 0 Å². The highest BCUT2D eigenvalue weighted by atomic mass is 16.1. The highest BCUT2D eigenvalue weighted by molar-refractivity contribution is 5.96. The monoisotopic (exact) mass is 203 g/mol. The van der Waals surface area contributed by atoms with Crippen molar-refractivity contribution in [3.63, 3.8) is 0 Å². The molecule has 0 saturated carbocycles.